The quantitative estimate of drug-likeness (QED) is 0.160. The molecule has 0 bridgehead atoms. The Hall–Kier alpha value is 1.41. The van der Waals surface area contributed by atoms with Crippen LogP contribution in [0.4, 0.5) is 0 Å². The largest absolute Gasteiger partial charge is 1.00 e. The van der Waals surface area contributed by atoms with Crippen LogP contribution in [0.25, 0.3) is 0 Å². The first-order valence-corrected chi connectivity index (χ1v) is 28.3. The number of rotatable bonds is 4. The summed E-state index contributed by atoms with van der Waals surface area (Å²) >= 11 is 0. The second kappa shape index (κ2) is 21.0. The average molecular weight is 1070 g/mol. The standard InChI is InChI=1S/2C30H48O5.2K.H2O/c2*1-17-9-12-30(25(34)35)14-13-28(5)19(23(30)18(17)2)7-8-22-26(3)15-20(32)24(33)27(4,16-31)21(26)10-11-29(22,28)6;;;/h2*7,17-18,20-24,31-33H,8-16H2,1-6H3,(H,34,35);;;1H2/q;;2*+1;/p-2/t2*17-,18+,20-,21?,22?,23?,24+,26+,27+,28-,29-,30+;;;/m11.../s1. The molecule has 0 heterocycles. The number of fused-ring (bicyclic) bond motifs is 14. The van der Waals surface area contributed by atoms with Crippen LogP contribution in [-0.2, 0) is 9.59 Å². The molecule has 73 heavy (non-hydrogen) atoms. The maximum Gasteiger partial charge on any atom is 1.00 e. The molecule has 10 aliphatic carbocycles. The van der Waals surface area contributed by atoms with E-state index in [1.165, 1.54) is 11.1 Å². The fourth-order valence-corrected chi connectivity index (χ4v) is 22.0. The molecule has 24 atom stereocenters. The molecular weight excluding hydrogens is 975 g/mol. The van der Waals surface area contributed by atoms with Gasteiger partial charge in [0, 0.05) is 22.2 Å². The van der Waals surface area contributed by atoms with Gasteiger partial charge in [0.1, 0.15) is 0 Å². The molecule has 0 saturated heterocycles. The first-order chi connectivity index (χ1) is 32.5. The summed E-state index contributed by atoms with van der Waals surface area (Å²) in [6, 6.07) is 0. The van der Waals surface area contributed by atoms with Crippen molar-refractivity contribution < 1.29 is 159 Å². The minimum Gasteiger partial charge on any atom is -0.870 e. The zero-order valence-electron chi connectivity index (χ0n) is 47.8. The van der Waals surface area contributed by atoms with Gasteiger partial charge in [-0.05, 0) is 194 Å². The van der Waals surface area contributed by atoms with E-state index in [4.69, 9.17) is 0 Å². The van der Waals surface area contributed by atoms with Gasteiger partial charge in [-0.1, -0.05) is 106 Å². The van der Waals surface area contributed by atoms with Gasteiger partial charge in [0.15, 0.2) is 0 Å². The van der Waals surface area contributed by atoms with Gasteiger partial charge >= 0.3 is 109 Å². The van der Waals surface area contributed by atoms with Crippen LogP contribution >= 0.6 is 0 Å². The van der Waals surface area contributed by atoms with Crippen molar-refractivity contribution >= 4 is 11.9 Å². The fraction of sp³-hybridized carbons (Fsp3) is 0.900. The Kier molecular flexibility index (Phi) is 18.3. The van der Waals surface area contributed by atoms with E-state index < -0.39 is 58.0 Å². The topological polar surface area (TPSA) is 229 Å². The zero-order chi connectivity index (χ0) is 51.5. The van der Waals surface area contributed by atoms with Crippen LogP contribution in [0.3, 0.4) is 0 Å². The molecule has 10 aliphatic rings. The van der Waals surface area contributed by atoms with Crippen molar-refractivity contribution in [1.29, 1.82) is 0 Å². The van der Waals surface area contributed by atoms with E-state index in [0.29, 0.717) is 54.8 Å². The average Bonchev–Trinajstić information content (AvgIpc) is 3.30. The Bertz CT molecular complexity index is 2020. The number of carbonyl (C=O) groups is 2. The molecule has 8 saturated carbocycles. The summed E-state index contributed by atoms with van der Waals surface area (Å²) in [5.74, 6) is 1.25. The van der Waals surface area contributed by atoms with Gasteiger partial charge in [-0.3, -0.25) is 4.79 Å². The Balaban J connectivity index is 0.000000229. The molecule has 8 N–H and O–H groups in total. The summed E-state index contributed by atoms with van der Waals surface area (Å²) in [5, 5.41) is 87.9. The van der Waals surface area contributed by atoms with Crippen LogP contribution < -0.4 is 108 Å². The Morgan fingerprint density at radius 3 is 1.26 bits per heavy atom. The number of aliphatic hydroxyl groups excluding tert-OH is 6. The Morgan fingerprint density at radius 1 is 0.548 bits per heavy atom. The molecule has 404 valence electrons. The molecule has 10 rings (SSSR count). The molecule has 6 unspecified atom stereocenters. The van der Waals surface area contributed by atoms with Gasteiger partial charge in [-0.25, -0.2) is 0 Å². The number of hydrogen-bond donors (Lipinski definition) is 7. The van der Waals surface area contributed by atoms with Gasteiger partial charge in [0.05, 0.1) is 43.0 Å². The van der Waals surface area contributed by atoms with Crippen molar-refractivity contribution in [2.45, 2.75) is 210 Å². The Morgan fingerprint density at radius 2 is 0.904 bits per heavy atom. The first kappa shape index (κ1) is 63.6. The number of hydrogen-bond acceptors (Lipinski definition) is 10. The third-order valence-corrected chi connectivity index (χ3v) is 27.0. The molecular formula is C60H96K2O11. The second-order valence-electron chi connectivity index (χ2n) is 29.0. The van der Waals surface area contributed by atoms with Crippen molar-refractivity contribution in [2.75, 3.05) is 13.2 Å². The maximum atomic E-state index is 12.8. The molecule has 0 aliphatic heterocycles. The van der Waals surface area contributed by atoms with Gasteiger partial charge in [0.2, 0.25) is 0 Å². The van der Waals surface area contributed by atoms with Gasteiger partial charge in [0.25, 0.3) is 0 Å². The molecule has 0 aromatic rings. The van der Waals surface area contributed by atoms with Crippen molar-refractivity contribution in [3.63, 3.8) is 0 Å². The normalized spacial score (nSPS) is 55.4. The van der Waals surface area contributed by atoms with E-state index in [1.807, 2.05) is 13.8 Å². The minimum atomic E-state index is -0.914. The van der Waals surface area contributed by atoms with Crippen LogP contribution in [0, 0.1) is 113 Å². The van der Waals surface area contributed by atoms with E-state index in [2.05, 4.69) is 81.4 Å². The summed E-state index contributed by atoms with van der Waals surface area (Å²) in [6.07, 6.45) is 14.7. The second-order valence-corrected chi connectivity index (χ2v) is 29.0. The summed E-state index contributed by atoms with van der Waals surface area (Å²) in [6.45, 7) is 27.1. The van der Waals surface area contributed by atoms with Crippen LogP contribution in [0.1, 0.15) is 186 Å². The van der Waals surface area contributed by atoms with Crippen molar-refractivity contribution in [3.05, 3.63) is 23.3 Å². The number of carbonyl (C=O) groups excluding carboxylic acids is 1. The molecule has 0 aromatic carbocycles. The van der Waals surface area contributed by atoms with Crippen LogP contribution in [0.15, 0.2) is 23.3 Å². The predicted molar refractivity (Wildman–Crippen MR) is 270 cm³/mol. The molecule has 11 nitrogen and oxygen atoms in total. The summed E-state index contributed by atoms with van der Waals surface area (Å²) in [7, 11) is 0. The van der Waals surface area contributed by atoms with Gasteiger partial charge in [-0.2, -0.15) is 0 Å². The van der Waals surface area contributed by atoms with E-state index >= 15 is 0 Å². The summed E-state index contributed by atoms with van der Waals surface area (Å²) in [5.41, 5.74) is -0.648. The molecule has 0 aromatic heterocycles. The Labute approximate surface area is 524 Å². The molecule has 0 spiro atoms. The van der Waals surface area contributed by atoms with Crippen molar-refractivity contribution in [3.8, 4) is 0 Å². The number of aliphatic hydroxyl groups is 6. The van der Waals surface area contributed by atoms with E-state index in [-0.39, 0.29) is 178 Å². The minimum absolute atomic E-state index is 0. The SMILES string of the molecule is C[C@@H]1CC[C@]2(C(=O)O)CC[C@]3(C)C(=CCC4[C@@]5(C)C[C@@H](O)[C@H](O)[C@@](C)(CO)C5CC[C@]43C)C2[C@H]1C.C[C@@H]1CC[C@]2(C(=O)[O-])CC[C@]3(C)C(=CCC4[C@@]5(C)C[C@@H](O)[C@H](O)[C@@](C)(CO)C5CC[C@]43C)C2[C@H]1C.[K+].[K+].[OH-]. The smallest absolute Gasteiger partial charge is 0.870 e. The van der Waals surface area contributed by atoms with Crippen molar-refractivity contribution in [2.24, 2.45) is 113 Å². The van der Waals surface area contributed by atoms with Crippen molar-refractivity contribution in [1.82, 2.24) is 0 Å². The number of carboxylic acid groups (broad SMARTS) is 2. The number of aliphatic carboxylic acids is 2. The van der Waals surface area contributed by atoms with Gasteiger partial charge < -0.3 is 51.1 Å². The summed E-state index contributed by atoms with van der Waals surface area (Å²) in [4.78, 5) is 25.5. The van der Waals surface area contributed by atoms with Crippen LogP contribution in [0.5, 0.6) is 0 Å². The number of carboxylic acids is 2. The summed E-state index contributed by atoms with van der Waals surface area (Å²) < 4.78 is 0. The molecule has 0 radical (unpaired) electrons. The third-order valence-electron chi connectivity index (χ3n) is 27.0. The maximum absolute atomic E-state index is 12.8. The van der Waals surface area contributed by atoms with E-state index in [9.17, 15) is 50.4 Å². The van der Waals surface area contributed by atoms with Gasteiger partial charge in [-0.15, -0.1) is 0 Å². The van der Waals surface area contributed by atoms with E-state index in [0.717, 1.165) is 83.5 Å². The molecule has 0 amide bonds. The monoisotopic (exact) mass is 1070 g/mol. The van der Waals surface area contributed by atoms with E-state index in [1.54, 1.807) is 0 Å². The first-order valence-electron chi connectivity index (χ1n) is 28.3. The predicted octanol–water partition coefficient (Wildman–Crippen LogP) is 2.56. The van der Waals surface area contributed by atoms with Crippen LogP contribution in [0.2, 0.25) is 0 Å². The third kappa shape index (κ3) is 8.38. The molecule has 8 fully saturated rings. The zero-order valence-corrected chi connectivity index (χ0v) is 54.0. The molecule has 13 heteroatoms. The van der Waals surface area contributed by atoms with Crippen LogP contribution in [-0.4, -0.2) is 90.8 Å². The fourth-order valence-electron chi connectivity index (χ4n) is 22.0. The number of allylic oxidation sites excluding steroid dienone is 4.